The number of nitrogens with zero attached hydrogens (tertiary/aromatic N) is 3. The van der Waals surface area contributed by atoms with Gasteiger partial charge in [0.1, 0.15) is 0 Å². The van der Waals surface area contributed by atoms with Crippen LogP contribution in [0.4, 0.5) is 0 Å². The van der Waals surface area contributed by atoms with Gasteiger partial charge >= 0.3 is 0 Å². The first kappa shape index (κ1) is 21.0. The second kappa shape index (κ2) is 8.36. The van der Waals surface area contributed by atoms with Gasteiger partial charge in [0, 0.05) is 23.5 Å². The quantitative estimate of drug-likeness (QED) is 0.655. The lowest BCUT2D eigenvalue weighted by Crippen LogP contribution is -2.32. The number of hydrogen-bond acceptors (Lipinski definition) is 3. The highest BCUT2D eigenvalue weighted by molar-refractivity contribution is 5.85. The Morgan fingerprint density at radius 3 is 2.48 bits per heavy atom. The van der Waals surface area contributed by atoms with Crippen LogP contribution in [0.3, 0.4) is 0 Å². The minimum absolute atomic E-state index is 0.0980. The number of fused-ring (bicyclic) bond motifs is 1. The molecule has 0 saturated heterocycles. The van der Waals surface area contributed by atoms with Crippen molar-refractivity contribution in [2.45, 2.75) is 73.8 Å². The molecule has 2 heterocycles. The van der Waals surface area contributed by atoms with Crippen molar-refractivity contribution in [2.24, 2.45) is 0 Å². The molecule has 5 heteroatoms. The largest absolute Gasteiger partial charge is 0.354 e. The van der Waals surface area contributed by atoms with E-state index in [4.69, 9.17) is 10.1 Å². The second-order valence-electron chi connectivity index (χ2n) is 8.14. The number of aryl methyl sites for hydroxylation is 5. The van der Waals surface area contributed by atoms with E-state index in [1.54, 1.807) is 0 Å². The Bertz CT molecular complexity index is 1060. The molecule has 1 N–H and O–H groups in total. The van der Waals surface area contributed by atoms with Crippen molar-refractivity contribution >= 4 is 16.9 Å². The smallest absolute Gasteiger partial charge is 0.220 e. The number of rotatable bonds is 6. The zero-order valence-corrected chi connectivity index (χ0v) is 18.7. The van der Waals surface area contributed by atoms with Gasteiger partial charge in [0.25, 0.3) is 0 Å². The Morgan fingerprint density at radius 1 is 1.10 bits per heavy atom. The molecule has 0 aliphatic carbocycles. The predicted molar refractivity (Wildman–Crippen MR) is 119 cm³/mol. The summed E-state index contributed by atoms with van der Waals surface area (Å²) >= 11 is 0. The summed E-state index contributed by atoms with van der Waals surface area (Å²) in [6.07, 6.45) is 2.11. The first-order valence-electron chi connectivity index (χ1n) is 10.4. The average Bonchev–Trinajstić information content (AvgIpc) is 2.99. The van der Waals surface area contributed by atoms with E-state index >= 15 is 0 Å². The summed E-state index contributed by atoms with van der Waals surface area (Å²) < 4.78 is 1.94. The third-order valence-electron chi connectivity index (χ3n) is 5.93. The van der Waals surface area contributed by atoms with Crippen LogP contribution in [0.5, 0.6) is 0 Å². The molecule has 0 bridgehead atoms. The lowest BCUT2D eigenvalue weighted by molar-refractivity contribution is -0.121. The number of benzene rings is 1. The Labute approximate surface area is 173 Å². The highest BCUT2D eigenvalue weighted by atomic mass is 16.1. The molecular formula is C24H32N4O. The van der Waals surface area contributed by atoms with Crippen LogP contribution in [-0.4, -0.2) is 26.7 Å². The highest BCUT2D eigenvalue weighted by Gasteiger charge is 2.18. The van der Waals surface area contributed by atoms with Gasteiger partial charge in [0.15, 0.2) is 5.65 Å². The Kier molecular flexibility index (Phi) is 6.06. The second-order valence-corrected chi connectivity index (χ2v) is 8.14. The van der Waals surface area contributed by atoms with Crippen LogP contribution in [0.25, 0.3) is 16.7 Å². The fourth-order valence-corrected chi connectivity index (χ4v) is 3.80. The van der Waals surface area contributed by atoms with Crippen molar-refractivity contribution < 1.29 is 4.79 Å². The maximum absolute atomic E-state index is 12.2. The summed E-state index contributed by atoms with van der Waals surface area (Å²) in [5.74, 6) is 0.0980. The third-order valence-corrected chi connectivity index (χ3v) is 5.93. The molecule has 0 spiro atoms. The molecule has 0 unspecified atom stereocenters. The van der Waals surface area contributed by atoms with E-state index < -0.39 is 0 Å². The van der Waals surface area contributed by atoms with E-state index in [1.807, 2.05) is 25.5 Å². The van der Waals surface area contributed by atoms with Crippen LogP contribution in [0.15, 0.2) is 18.2 Å². The highest BCUT2D eigenvalue weighted by Crippen LogP contribution is 2.28. The molecule has 1 aromatic carbocycles. The summed E-state index contributed by atoms with van der Waals surface area (Å²) in [7, 11) is 0. The minimum Gasteiger partial charge on any atom is -0.354 e. The van der Waals surface area contributed by atoms with Gasteiger partial charge in [-0.3, -0.25) is 4.79 Å². The summed E-state index contributed by atoms with van der Waals surface area (Å²) in [4.78, 5) is 17.1. The summed E-state index contributed by atoms with van der Waals surface area (Å²) in [5.41, 5.74) is 8.67. The molecule has 154 valence electrons. The van der Waals surface area contributed by atoms with Crippen molar-refractivity contribution in [3.8, 4) is 5.69 Å². The summed E-state index contributed by atoms with van der Waals surface area (Å²) in [6.45, 7) is 14.5. The average molecular weight is 393 g/mol. The maximum atomic E-state index is 12.2. The molecule has 1 atom stereocenters. The number of pyridine rings is 1. The van der Waals surface area contributed by atoms with Crippen LogP contribution in [0.2, 0.25) is 0 Å². The SMILES string of the molecule is CC[C@H](C)NC(=O)CCc1c(C)nc2c(c(C)nn2-c2ccc(C)c(C)c2)c1C. The van der Waals surface area contributed by atoms with Gasteiger partial charge in [0.05, 0.1) is 11.4 Å². The molecule has 0 fully saturated rings. The first-order valence-corrected chi connectivity index (χ1v) is 10.4. The number of carbonyl (C=O) groups excluding carboxylic acids is 1. The monoisotopic (exact) mass is 392 g/mol. The van der Waals surface area contributed by atoms with E-state index in [1.165, 1.54) is 16.7 Å². The van der Waals surface area contributed by atoms with E-state index in [0.29, 0.717) is 12.8 Å². The topological polar surface area (TPSA) is 59.8 Å². The first-order chi connectivity index (χ1) is 13.7. The molecule has 0 radical (unpaired) electrons. The van der Waals surface area contributed by atoms with E-state index in [2.05, 4.69) is 51.2 Å². The fraction of sp³-hybridized carbons (Fsp3) is 0.458. The standard InChI is InChI=1S/C24H32N4O/c1-8-16(4)25-22(29)12-11-21-17(5)23-19(7)27-28(24(23)26-18(21)6)20-10-9-14(2)15(3)13-20/h9-10,13,16H,8,11-12H2,1-7H3,(H,25,29)/t16-/m0/s1. The van der Waals surface area contributed by atoms with Gasteiger partial charge in [-0.15, -0.1) is 0 Å². The summed E-state index contributed by atoms with van der Waals surface area (Å²) in [6, 6.07) is 6.58. The zero-order valence-electron chi connectivity index (χ0n) is 18.7. The van der Waals surface area contributed by atoms with Crippen LogP contribution in [0.1, 0.15) is 60.3 Å². The van der Waals surface area contributed by atoms with Crippen molar-refractivity contribution in [3.63, 3.8) is 0 Å². The molecule has 3 rings (SSSR count). The number of carbonyl (C=O) groups is 1. The van der Waals surface area contributed by atoms with Gasteiger partial charge in [-0.2, -0.15) is 5.10 Å². The lowest BCUT2D eigenvalue weighted by Gasteiger charge is -2.14. The molecule has 0 saturated carbocycles. The molecule has 0 aliphatic heterocycles. The summed E-state index contributed by atoms with van der Waals surface area (Å²) in [5, 5.41) is 8.93. The van der Waals surface area contributed by atoms with Crippen molar-refractivity contribution in [2.75, 3.05) is 0 Å². The fourth-order valence-electron chi connectivity index (χ4n) is 3.80. The van der Waals surface area contributed by atoms with Gasteiger partial charge in [-0.05, 0) is 88.8 Å². The van der Waals surface area contributed by atoms with Gasteiger partial charge in [-0.1, -0.05) is 13.0 Å². The van der Waals surface area contributed by atoms with Crippen LogP contribution in [-0.2, 0) is 11.2 Å². The molecule has 5 nitrogen and oxygen atoms in total. The number of hydrogen-bond donors (Lipinski definition) is 1. The lowest BCUT2D eigenvalue weighted by atomic mass is 9.99. The zero-order chi connectivity index (χ0) is 21.3. The molecule has 3 aromatic rings. The van der Waals surface area contributed by atoms with Gasteiger partial charge < -0.3 is 5.32 Å². The van der Waals surface area contributed by atoms with E-state index in [-0.39, 0.29) is 11.9 Å². The Morgan fingerprint density at radius 2 is 1.83 bits per heavy atom. The molecule has 2 aromatic heterocycles. The third kappa shape index (κ3) is 4.19. The van der Waals surface area contributed by atoms with E-state index in [0.717, 1.165) is 40.1 Å². The molecular weight excluding hydrogens is 360 g/mol. The van der Waals surface area contributed by atoms with E-state index in [9.17, 15) is 4.79 Å². The molecule has 0 aliphatic rings. The normalized spacial score (nSPS) is 12.4. The number of amides is 1. The molecule has 1 amide bonds. The minimum atomic E-state index is 0.0980. The van der Waals surface area contributed by atoms with Crippen molar-refractivity contribution in [3.05, 3.63) is 51.8 Å². The number of aromatic nitrogens is 3. The van der Waals surface area contributed by atoms with Crippen LogP contribution in [0, 0.1) is 34.6 Å². The van der Waals surface area contributed by atoms with Crippen molar-refractivity contribution in [1.82, 2.24) is 20.1 Å². The number of nitrogens with one attached hydrogen (secondary N) is 1. The maximum Gasteiger partial charge on any atom is 0.220 e. The Balaban J connectivity index is 1.98. The predicted octanol–water partition coefficient (Wildman–Crippen LogP) is 4.81. The van der Waals surface area contributed by atoms with Crippen LogP contribution >= 0.6 is 0 Å². The van der Waals surface area contributed by atoms with Gasteiger partial charge in [-0.25, -0.2) is 9.67 Å². The Hall–Kier alpha value is -2.69. The van der Waals surface area contributed by atoms with Gasteiger partial charge in [0.2, 0.25) is 5.91 Å². The van der Waals surface area contributed by atoms with Crippen LogP contribution < -0.4 is 5.32 Å². The van der Waals surface area contributed by atoms with Crippen molar-refractivity contribution in [1.29, 1.82) is 0 Å². The molecule has 29 heavy (non-hydrogen) atoms.